The summed E-state index contributed by atoms with van der Waals surface area (Å²) in [6, 6.07) is 1.57. The zero-order chi connectivity index (χ0) is 10.8. The molecule has 2 N–H and O–H groups in total. The molecule has 0 amide bonds. The Balaban J connectivity index is 1.81. The van der Waals surface area contributed by atoms with Crippen molar-refractivity contribution in [2.75, 3.05) is 33.2 Å². The quantitative estimate of drug-likeness (QED) is 0.731. The molecule has 2 fully saturated rings. The highest BCUT2D eigenvalue weighted by molar-refractivity contribution is 4.88. The standard InChI is InChI=1S/C12H25N3/c1-10-7-12(9-14(10)2)15-5-3-11(8-13)4-6-15/h10-12H,3-9,13H2,1-2H3. The fourth-order valence-electron chi connectivity index (χ4n) is 2.98. The zero-order valence-corrected chi connectivity index (χ0v) is 10.2. The third-order valence-corrected chi connectivity index (χ3v) is 4.36. The van der Waals surface area contributed by atoms with Crippen LogP contribution in [0.3, 0.4) is 0 Å². The van der Waals surface area contributed by atoms with E-state index in [2.05, 4.69) is 23.8 Å². The molecule has 2 rings (SSSR count). The molecule has 2 saturated heterocycles. The minimum Gasteiger partial charge on any atom is -0.330 e. The summed E-state index contributed by atoms with van der Waals surface area (Å²) in [6.45, 7) is 7.02. The van der Waals surface area contributed by atoms with E-state index in [4.69, 9.17) is 5.73 Å². The Morgan fingerprint density at radius 3 is 2.40 bits per heavy atom. The SMILES string of the molecule is CC1CC(N2CCC(CN)CC2)CN1C. The lowest BCUT2D eigenvalue weighted by atomic mass is 9.95. The molecule has 0 aliphatic carbocycles. The highest BCUT2D eigenvalue weighted by Gasteiger charge is 2.32. The normalized spacial score (nSPS) is 36.2. The van der Waals surface area contributed by atoms with E-state index in [0.717, 1.165) is 24.5 Å². The van der Waals surface area contributed by atoms with Gasteiger partial charge in [0.05, 0.1) is 0 Å². The Morgan fingerprint density at radius 2 is 1.93 bits per heavy atom. The minimum atomic E-state index is 0.766. The molecule has 2 aliphatic heterocycles. The first-order valence-electron chi connectivity index (χ1n) is 6.35. The number of nitrogens with two attached hydrogens (primary N) is 1. The molecule has 0 bridgehead atoms. The van der Waals surface area contributed by atoms with E-state index in [1.54, 1.807) is 0 Å². The van der Waals surface area contributed by atoms with Crippen molar-refractivity contribution in [3.63, 3.8) is 0 Å². The van der Waals surface area contributed by atoms with Crippen LogP contribution in [0.2, 0.25) is 0 Å². The molecule has 2 heterocycles. The van der Waals surface area contributed by atoms with Crippen molar-refractivity contribution in [1.29, 1.82) is 0 Å². The molecular weight excluding hydrogens is 186 g/mol. The number of nitrogens with zero attached hydrogens (tertiary/aromatic N) is 2. The Labute approximate surface area is 93.6 Å². The molecule has 0 saturated carbocycles. The number of hydrogen-bond acceptors (Lipinski definition) is 3. The van der Waals surface area contributed by atoms with Gasteiger partial charge in [0.2, 0.25) is 0 Å². The second-order valence-corrected chi connectivity index (χ2v) is 5.39. The predicted molar refractivity (Wildman–Crippen MR) is 63.8 cm³/mol. The molecule has 0 spiro atoms. The maximum absolute atomic E-state index is 5.72. The van der Waals surface area contributed by atoms with Crippen molar-refractivity contribution in [2.45, 2.75) is 38.3 Å². The largest absolute Gasteiger partial charge is 0.330 e. The van der Waals surface area contributed by atoms with E-state index in [-0.39, 0.29) is 0 Å². The fourth-order valence-corrected chi connectivity index (χ4v) is 2.98. The summed E-state index contributed by atoms with van der Waals surface area (Å²) >= 11 is 0. The van der Waals surface area contributed by atoms with Gasteiger partial charge in [-0.3, -0.25) is 4.90 Å². The average molecular weight is 211 g/mol. The van der Waals surface area contributed by atoms with Gasteiger partial charge in [-0.1, -0.05) is 0 Å². The van der Waals surface area contributed by atoms with Crippen molar-refractivity contribution in [1.82, 2.24) is 9.80 Å². The Kier molecular flexibility index (Phi) is 3.65. The van der Waals surface area contributed by atoms with Crippen LogP contribution in [0.15, 0.2) is 0 Å². The first-order valence-corrected chi connectivity index (χ1v) is 6.35. The lowest BCUT2D eigenvalue weighted by molar-refractivity contribution is 0.137. The lowest BCUT2D eigenvalue weighted by Crippen LogP contribution is -2.43. The van der Waals surface area contributed by atoms with Gasteiger partial charge in [-0.2, -0.15) is 0 Å². The van der Waals surface area contributed by atoms with E-state index in [9.17, 15) is 0 Å². The van der Waals surface area contributed by atoms with Gasteiger partial charge in [-0.05, 0) is 58.8 Å². The molecule has 0 aromatic carbocycles. The van der Waals surface area contributed by atoms with Crippen molar-refractivity contribution in [3.05, 3.63) is 0 Å². The first-order chi connectivity index (χ1) is 7.20. The van der Waals surface area contributed by atoms with Gasteiger partial charge in [-0.15, -0.1) is 0 Å². The summed E-state index contributed by atoms with van der Waals surface area (Å²) < 4.78 is 0. The van der Waals surface area contributed by atoms with Crippen LogP contribution in [0.4, 0.5) is 0 Å². The number of piperidine rings is 1. The smallest absolute Gasteiger partial charge is 0.0237 e. The lowest BCUT2D eigenvalue weighted by Gasteiger charge is -2.35. The molecule has 88 valence electrons. The number of rotatable bonds is 2. The van der Waals surface area contributed by atoms with Gasteiger partial charge < -0.3 is 10.6 Å². The van der Waals surface area contributed by atoms with Gasteiger partial charge in [0.15, 0.2) is 0 Å². The molecule has 3 nitrogen and oxygen atoms in total. The Bertz CT molecular complexity index is 189. The number of likely N-dealkylation sites (N-methyl/N-ethyl adjacent to an activating group) is 1. The van der Waals surface area contributed by atoms with Crippen LogP contribution in [0.25, 0.3) is 0 Å². The van der Waals surface area contributed by atoms with Crippen molar-refractivity contribution >= 4 is 0 Å². The van der Waals surface area contributed by atoms with E-state index < -0.39 is 0 Å². The monoisotopic (exact) mass is 211 g/mol. The van der Waals surface area contributed by atoms with Crippen LogP contribution in [0.5, 0.6) is 0 Å². The highest BCUT2D eigenvalue weighted by atomic mass is 15.3. The molecule has 3 heteroatoms. The highest BCUT2D eigenvalue weighted by Crippen LogP contribution is 2.25. The van der Waals surface area contributed by atoms with Crippen molar-refractivity contribution in [2.24, 2.45) is 11.7 Å². The van der Waals surface area contributed by atoms with Crippen molar-refractivity contribution < 1.29 is 0 Å². The Hall–Kier alpha value is -0.120. The summed E-state index contributed by atoms with van der Waals surface area (Å²) in [5.41, 5.74) is 5.72. The average Bonchev–Trinajstić information content (AvgIpc) is 2.59. The summed E-state index contributed by atoms with van der Waals surface area (Å²) in [6.07, 6.45) is 3.97. The second kappa shape index (κ2) is 4.81. The molecule has 2 aliphatic rings. The van der Waals surface area contributed by atoms with Crippen LogP contribution in [0, 0.1) is 5.92 Å². The predicted octanol–water partition coefficient (Wildman–Crippen LogP) is 0.750. The van der Waals surface area contributed by atoms with Crippen LogP contribution >= 0.6 is 0 Å². The topological polar surface area (TPSA) is 32.5 Å². The second-order valence-electron chi connectivity index (χ2n) is 5.39. The van der Waals surface area contributed by atoms with Crippen LogP contribution in [0.1, 0.15) is 26.2 Å². The van der Waals surface area contributed by atoms with Crippen molar-refractivity contribution in [3.8, 4) is 0 Å². The van der Waals surface area contributed by atoms with E-state index >= 15 is 0 Å². The summed E-state index contributed by atoms with van der Waals surface area (Å²) in [7, 11) is 2.25. The van der Waals surface area contributed by atoms with Gasteiger partial charge >= 0.3 is 0 Å². The maximum atomic E-state index is 5.72. The maximum Gasteiger partial charge on any atom is 0.0237 e. The third-order valence-electron chi connectivity index (χ3n) is 4.36. The summed E-state index contributed by atoms with van der Waals surface area (Å²) in [5.74, 6) is 0.790. The fraction of sp³-hybridized carbons (Fsp3) is 1.00. The molecule has 15 heavy (non-hydrogen) atoms. The molecule has 0 radical (unpaired) electrons. The number of hydrogen-bond donors (Lipinski definition) is 1. The zero-order valence-electron chi connectivity index (χ0n) is 10.2. The van der Waals surface area contributed by atoms with E-state index in [1.807, 2.05) is 0 Å². The van der Waals surface area contributed by atoms with Gasteiger partial charge in [-0.25, -0.2) is 0 Å². The Morgan fingerprint density at radius 1 is 1.27 bits per heavy atom. The third kappa shape index (κ3) is 2.52. The molecule has 0 aromatic heterocycles. The molecule has 2 unspecified atom stereocenters. The van der Waals surface area contributed by atoms with Gasteiger partial charge in [0.1, 0.15) is 0 Å². The molecular formula is C12H25N3. The first kappa shape index (κ1) is 11.4. The van der Waals surface area contributed by atoms with Gasteiger partial charge in [0, 0.05) is 18.6 Å². The van der Waals surface area contributed by atoms with Crippen LogP contribution < -0.4 is 5.73 Å². The van der Waals surface area contributed by atoms with E-state index in [0.29, 0.717) is 0 Å². The van der Waals surface area contributed by atoms with E-state index in [1.165, 1.54) is 38.9 Å². The minimum absolute atomic E-state index is 0.766. The summed E-state index contributed by atoms with van der Waals surface area (Å²) in [4.78, 5) is 5.17. The van der Waals surface area contributed by atoms with Crippen LogP contribution in [-0.2, 0) is 0 Å². The molecule has 0 aromatic rings. The summed E-state index contributed by atoms with van der Waals surface area (Å²) in [5, 5.41) is 0. The van der Waals surface area contributed by atoms with Crippen LogP contribution in [-0.4, -0.2) is 55.1 Å². The number of likely N-dealkylation sites (tertiary alicyclic amines) is 2. The van der Waals surface area contributed by atoms with Gasteiger partial charge in [0.25, 0.3) is 0 Å². The molecule has 2 atom stereocenters.